The third-order valence-electron chi connectivity index (χ3n) is 2.59. The summed E-state index contributed by atoms with van der Waals surface area (Å²) in [5.41, 5.74) is 5.57. The normalized spacial score (nSPS) is 24.4. The second-order valence-corrected chi connectivity index (χ2v) is 3.80. The average molecular weight is 230 g/mol. The number of carboxylic acid groups (broad SMARTS) is 2. The fourth-order valence-corrected chi connectivity index (χ4v) is 1.67. The lowest BCUT2D eigenvalue weighted by molar-refractivity contribution is -0.143. The molecule has 7 heteroatoms. The van der Waals surface area contributed by atoms with Crippen LogP contribution in [0.1, 0.15) is 12.8 Å². The molecule has 1 amide bonds. The Morgan fingerprint density at radius 2 is 1.81 bits per heavy atom. The van der Waals surface area contributed by atoms with E-state index in [9.17, 15) is 14.4 Å². The van der Waals surface area contributed by atoms with E-state index in [2.05, 4.69) is 0 Å². The molecule has 7 nitrogen and oxygen atoms in total. The second-order valence-electron chi connectivity index (χ2n) is 3.80. The third-order valence-corrected chi connectivity index (χ3v) is 2.59. The molecular formula is C9H14N2O5. The van der Waals surface area contributed by atoms with Gasteiger partial charge in [-0.15, -0.1) is 0 Å². The van der Waals surface area contributed by atoms with Crippen molar-refractivity contribution in [2.24, 2.45) is 11.7 Å². The maximum atomic E-state index is 11.5. The standard InChI is InChI=1S/C9H14N2O5/c10-6-4-11(3-5(6)9(15)16)7(12)1-2-8(13)14/h5-6H,1-4,10H2,(H,13,14)(H,15,16)/t5-,6-/m0/s1. The Bertz CT molecular complexity index is 317. The summed E-state index contributed by atoms with van der Waals surface area (Å²) >= 11 is 0. The molecule has 0 aromatic carbocycles. The van der Waals surface area contributed by atoms with Gasteiger partial charge < -0.3 is 20.8 Å². The number of aliphatic carboxylic acids is 2. The number of nitrogens with zero attached hydrogens (tertiary/aromatic N) is 1. The van der Waals surface area contributed by atoms with Crippen LogP contribution in [0.3, 0.4) is 0 Å². The Morgan fingerprint density at radius 1 is 1.19 bits per heavy atom. The molecule has 1 saturated heterocycles. The zero-order chi connectivity index (χ0) is 12.3. The van der Waals surface area contributed by atoms with Gasteiger partial charge in [0.1, 0.15) is 0 Å². The Hall–Kier alpha value is -1.63. The number of carbonyl (C=O) groups is 3. The molecule has 1 aliphatic rings. The molecule has 0 spiro atoms. The highest BCUT2D eigenvalue weighted by atomic mass is 16.4. The smallest absolute Gasteiger partial charge is 0.309 e. The minimum atomic E-state index is -1.05. The molecule has 16 heavy (non-hydrogen) atoms. The molecule has 0 aromatic heterocycles. The number of nitrogens with two attached hydrogens (primary N) is 1. The van der Waals surface area contributed by atoms with Crippen LogP contribution in [0.4, 0.5) is 0 Å². The zero-order valence-corrected chi connectivity index (χ0v) is 8.63. The Kier molecular flexibility index (Phi) is 3.83. The SMILES string of the molecule is N[C@H]1CN(C(=O)CCC(=O)O)C[C@@H]1C(=O)O. The van der Waals surface area contributed by atoms with Crippen LogP contribution in [-0.4, -0.2) is 52.1 Å². The van der Waals surface area contributed by atoms with Gasteiger partial charge in [0.15, 0.2) is 0 Å². The molecule has 0 unspecified atom stereocenters. The van der Waals surface area contributed by atoms with Gasteiger partial charge in [-0.05, 0) is 0 Å². The molecule has 0 radical (unpaired) electrons. The lowest BCUT2D eigenvalue weighted by Crippen LogP contribution is -2.34. The summed E-state index contributed by atoms with van der Waals surface area (Å²) in [6.07, 6.45) is -0.364. The van der Waals surface area contributed by atoms with Crippen molar-refractivity contribution in [3.63, 3.8) is 0 Å². The predicted molar refractivity (Wildman–Crippen MR) is 52.6 cm³/mol. The van der Waals surface area contributed by atoms with Crippen LogP contribution in [0.2, 0.25) is 0 Å². The molecule has 0 saturated carbocycles. The van der Waals surface area contributed by atoms with Crippen molar-refractivity contribution in [2.45, 2.75) is 18.9 Å². The molecule has 90 valence electrons. The first kappa shape index (κ1) is 12.4. The van der Waals surface area contributed by atoms with Crippen LogP contribution >= 0.6 is 0 Å². The molecule has 0 aliphatic carbocycles. The van der Waals surface area contributed by atoms with Gasteiger partial charge >= 0.3 is 11.9 Å². The van der Waals surface area contributed by atoms with E-state index < -0.39 is 23.9 Å². The number of hydrogen-bond acceptors (Lipinski definition) is 4. The molecular weight excluding hydrogens is 216 g/mol. The highest BCUT2D eigenvalue weighted by Crippen LogP contribution is 2.16. The average Bonchev–Trinajstić information content (AvgIpc) is 2.56. The van der Waals surface area contributed by atoms with Crippen LogP contribution in [0.15, 0.2) is 0 Å². The molecule has 1 aliphatic heterocycles. The van der Waals surface area contributed by atoms with E-state index >= 15 is 0 Å². The van der Waals surface area contributed by atoms with E-state index in [0.717, 1.165) is 0 Å². The summed E-state index contributed by atoms with van der Waals surface area (Å²) in [5.74, 6) is -3.19. The first-order valence-corrected chi connectivity index (χ1v) is 4.89. The number of carbonyl (C=O) groups excluding carboxylic acids is 1. The quantitative estimate of drug-likeness (QED) is 0.553. The van der Waals surface area contributed by atoms with Gasteiger partial charge in [0, 0.05) is 25.6 Å². The molecule has 4 N–H and O–H groups in total. The fraction of sp³-hybridized carbons (Fsp3) is 0.667. The maximum Gasteiger partial charge on any atom is 0.309 e. The highest BCUT2D eigenvalue weighted by Gasteiger charge is 2.37. The Labute approximate surface area is 91.8 Å². The van der Waals surface area contributed by atoms with E-state index in [1.807, 2.05) is 0 Å². The van der Waals surface area contributed by atoms with E-state index in [1.54, 1.807) is 0 Å². The molecule has 0 aromatic rings. The van der Waals surface area contributed by atoms with Crippen LogP contribution < -0.4 is 5.73 Å². The maximum absolute atomic E-state index is 11.5. The van der Waals surface area contributed by atoms with Gasteiger partial charge in [0.25, 0.3) is 0 Å². The Balaban J connectivity index is 2.48. The minimum Gasteiger partial charge on any atom is -0.481 e. The van der Waals surface area contributed by atoms with Crippen molar-refractivity contribution in [1.82, 2.24) is 4.90 Å². The van der Waals surface area contributed by atoms with Gasteiger partial charge in [-0.2, -0.15) is 0 Å². The van der Waals surface area contributed by atoms with Crippen molar-refractivity contribution >= 4 is 17.8 Å². The lowest BCUT2D eigenvalue weighted by Gasteiger charge is -2.14. The van der Waals surface area contributed by atoms with Crippen LogP contribution in [-0.2, 0) is 14.4 Å². The predicted octanol–water partition coefficient (Wildman–Crippen LogP) is -1.28. The largest absolute Gasteiger partial charge is 0.481 e. The summed E-state index contributed by atoms with van der Waals surface area (Å²) in [5, 5.41) is 17.2. The van der Waals surface area contributed by atoms with Crippen molar-refractivity contribution in [1.29, 1.82) is 0 Å². The molecule has 2 atom stereocenters. The van der Waals surface area contributed by atoms with Crippen molar-refractivity contribution in [3.8, 4) is 0 Å². The Morgan fingerprint density at radius 3 is 2.25 bits per heavy atom. The van der Waals surface area contributed by atoms with E-state index in [-0.39, 0.29) is 31.8 Å². The molecule has 1 fully saturated rings. The summed E-state index contributed by atoms with van der Waals surface area (Å²) in [6, 6.07) is -0.578. The van der Waals surface area contributed by atoms with E-state index in [1.165, 1.54) is 4.90 Å². The van der Waals surface area contributed by atoms with Gasteiger partial charge in [-0.1, -0.05) is 0 Å². The van der Waals surface area contributed by atoms with Crippen molar-refractivity contribution in [2.75, 3.05) is 13.1 Å². The van der Waals surface area contributed by atoms with E-state index in [4.69, 9.17) is 15.9 Å². The fourth-order valence-electron chi connectivity index (χ4n) is 1.67. The van der Waals surface area contributed by atoms with Crippen LogP contribution in [0, 0.1) is 5.92 Å². The van der Waals surface area contributed by atoms with Gasteiger partial charge in [0.05, 0.1) is 12.3 Å². The first-order valence-electron chi connectivity index (χ1n) is 4.89. The number of likely N-dealkylation sites (tertiary alicyclic amines) is 1. The number of rotatable bonds is 4. The van der Waals surface area contributed by atoms with Crippen molar-refractivity contribution < 1.29 is 24.6 Å². The molecule has 0 bridgehead atoms. The van der Waals surface area contributed by atoms with Gasteiger partial charge in [-0.25, -0.2) is 0 Å². The third kappa shape index (κ3) is 2.93. The monoisotopic (exact) mass is 230 g/mol. The van der Waals surface area contributed by atoms with Crippen LogP contribution in [0.25, 0.3) is 0 Å². The number of hydrogen-bond donors (Lipinski definition) is 3. The minimum absolute atomic E-state index is 0.0644. The summed E-state index contributed by atoms with van der Waals surface area (Å²) < 4.78 is 0. The first-order chi connectivity index (χ1) is 7.41. The number of amides is 1. The van der Waals surface area contributed by atoms with Crippen LogP contribution in [0.5, 0.6) is 0 Å². The van der Waals surface area contributed by atoms with Gasteiger partial charge in [0.2, 0.25) is 5.91 Å². The second kappa shape index (κ2) is 4.93. The molecule has 1 heterocycles. The zero-order valence-electron chi connectivity index (χ0n) is 8.63. The topological polar surface area (TPSA) is 121 Å². The van der Waals surface area contributed by atoms with E-state index in [0.29, 0.717) is 0 Å². The molecule has 1 rings (SSSR count). The van der Waals surface area contributed by atoms with Crippen molar-refractivity contribution in [3.05, 3.63) is 0 Å². The highest BCUT2D eigenvalue weighted by molar-refractivity contribution is 5.82. The summed E-state index contributed by atoms with van der Waals surface area (Å²) in [4.78, 5) is 33.8. The number of carboxylic acids is 2. The van der Waals surface area contributed by atoms with Gasteiger partial charge in [-0.3, -0.25) is 14.4 Å². The summed E-state index contributed by atoms with van der Waals surface area (Å²) in [7, 11) is 0. The summed E-state index contributed by atoms with van der Waals surface area (Å²) in [6.45, 7) is 0.240. The lowest BCUT2D eigenvalue weighted by atomic mass is 10.1.